The van der Waals surface area contributed by atoms with Crippen LogP contribution in [-0.2, 0) is 11.2 Å². The number of carbonyl (C=O) groups is 1. The van der Waals surface area contributed by atoms with E-state index in [9.17, 15) is 4.79 Å². The number of carbonyl (C=O) groups excluding carboxylic acids is 1. The molecule has 0 saturated carbocycles. The fraction of sp³-hybridized carbons (Fsp3) is 0.300. The van der Waals surface area contributed by atoms with Crippen molar-refractivity contribution in [3.8, 4) is 0 Å². The van der Waals surface area contributed by atoms with Crippen molar-refractivity contribution < 1.29 is 6.22 Å². The van der Waals surface area contributed by atoms with Crippen LogP contribution < -0.4 is 4.90 Å². The van der Waals surface area contributed by atoms with Gasteiger partial charge in [-0.3, -0.25) is 14.8 Å². The molecule has 5 heteroatoms. The highest BCUT2D eigenvalue weighted by Crippen LogP contribution is 2.29. The third-order valence-corrected chi connectivity index (χ3v) is 2.80. The summed E-state index contributed by atoms with van der Waals surface area (Å²) in [6.45, 7) is 0. The maximum Gasteiger partial charge on any atom is 0.228 e. The zero-order valence-corrected chi connectivity index (χ0v) is 8.32. The molecule has 1 N–H and O–H groups in total. The van der Waals surface area contributed by atoms with Crippen molar-refractivity contribution in [3.63, 3.8) is 0 Å². The Hall–Kier alpha value is -1.91. The Morgan fingerprint density at radius 3 is 3.27 bits per heavy atom. The number of anilines is 1. The molecule has 2 aromatic rings. The molecule has 0 fully saturated rings. The van der Waals surface area contributed by atoms with Crippen LogP contribution in [0.4, 0.5) is 5.82 Å². The second-order valence-corrected chi connectivity index (χ2v) is 3.68. The number of aryl methyl sites for hydroxylation is 1. The molecule has 0 saturated heterocycles. The average molecular weight is 204 g/mol. The maximum atomic E-state index is 11.7. The lowest BCUT2D eigenvalue weighted by Crippen LogP contribution is -2.25. The third-order valence-electron chi connectivity index (χ3n) is 2.80. The normalized spacial score (nSPS) is 15.8. The molecule has 0 aliphatic carbocycles. The molecule has 3 rings (SSSR count). The Morgan fingerprint density at radius 2 is 2.40 bits per heavy atom. The predicted molar refractivity (Wildman–Crippen MR) is 57.7 cm³/mol. The van der Waals surface area contributed by atoms with Gasteiger partial charge in [0, 0.05) is 26.8 Å². The van der Waals surface area contributed by atoms with Crippen LogP contribution in [0.1, 0.15) is 13.5 Å². The topological polar surface area (TPSA) is 61.9 Å². The second-order valence-electron chi connectivity index (χ2n) is 3.68. The first-order valence-corrected chi connectivity index (χ1v) is 4.86. The number of aromatic nitrogens is 3. The molecule has 1 amide bonds. The van der Waals surface area contributed by atoms with Crippen molar-refractivity contribution >= 4 is 22.6 Å². The quantitative estimate of drug-likeness (QED) is 0.699. The molecule has 0 unspecified atom stereocenters. The van der Waals surface area contributed by atoms with Gasteiger partial charge in [-0.2, -0.15) is 5.10 Å². The maximum absolute atomic E-state index is 11.7. The van der Waals surface area contributed by atoms with E-state index in [-0.39, 0.29) is 7.33 Å². The first kappa shape index (κ1) is 8.40. The first-order valence-electron chi connectivity index (χ1n) is 4.86. The summed E-state index contributed by atoms with van der Waals surface area (Å²) in [6.07, 6.45) is 2.89. The summed E-state index contributed by atoms with van der Waals surface area (Å²) in [7, 11) is 1.76. The standard InChI is InChI=1S/C10H10N4O.H2/c1-14-8(15)3-2-6-9-7(13-12-6)4-5-11-10(9)14;/h4-5H,2-3H2,1H3,(H,12,13);1H. The van der Waals surface area contributed by atoms with Gasteiger partial charge in [-0.05, 0) is 12.5 Å². The van der Waals surface area contributed by atoms with E-state index < -0.39 is 0 Å². The summed E-state index contributed by atoms with van der Waals surface area (Å²) in [5.41, 5.74) is 1.88. The summed E-state index contributed by atoms with van der Waals surface area (Å²) in [5, 5.41) is 8.13. The molecular weight excluding hydrogens is 192 g/mol. The van der Waals surface area contributed by atoms with E-state index in [0.717, 1.165) is 16.6 Å². The summed E-state index contributed by atoms with van der Waals surface area (Å²) in [5.74, 6) is 0.804. The Balaban J connectivity index is 0.000000963. The van der Waals surface area contributed by atoms with Crippen molar-refractivity contribution in [1.29, 1.82) is 0 Å². The highest BCUT2D eigenvalue weighted by molar-refractivity contribution is 6.03. The van der Waals surface area contributed by atoms with E-state index in [4.69, 9.17) is 0 Å². The molecule has 1 aliphatic rings. The van der Waals surface area contributed by atoms with Gasteiger partial charge in [0.25, 0.3) is 0 Å². The SMILES string of the molecule is CN1C(=O)CCc2[nH]nc3ccnc1c23.[HH]. The lowest BCUT2D eigenvalue weighted by molar-refractivity contribution is -0.118. The van der Waals surface area contributed by atoms with Gasteiger partial charge in [-0.15, -0.1) is 0 Å². The van der Waals surface area contributed by atoms with Crippen molar-refractivity contribution in [2.45, 2.75) is 12.8 Å². The fourth-order valence-electron chi connectivity index (χ4n) is 1.96. The van der Waals surface area contributed by atoms with Crippen LogP contribution in [0.2, 0.25) is 0 Å². The van der Waals surface area contributed by atoms with Gasteiger partial charge in [0.1, 0.15) is 5.82 Å². The van der Waals surface area contributed by atoms with E-state index >= 15 is 0 Å². The first-order chi connectivity index (χ1) is 7.27. The molecule has 2 aromatic heterocycles. The number of hydrogen-bond donors (Lipinski definition) is 1. The van der Waals surface area contributed by atoms with Crippen molar-refractivity contribution in [2.75, 3.05) is 11.9 Å². The van der Waals surface area contributed by atoms with Gasteiger partial charge >= 0.3 is 0 Å². The number of hydrogen-bond acceptors (Lipinski definition) is 3. The molecule has 15 heavy (non-hydrogen) atoms. The van der Waals surface area contributed by atoms with Crippen molar-refractivity contribution in [1.82, 2.24) is 15.2 Å². The van der Waals surface area contributed by atoms with E-state index in [0.29, 0.717) is 18.7 Å². The molecule has 0 aromatic carbocycles. The van der Waals surface area contributed by atoms with E-state index in [1.165, 1.54) is 0 Å². The van der Waals surface area contributed by atoms with Crippen LogP contribution in [0.3, 0.4) is 0 Å². The van der Waals surface area contributed by atoms with Gasteiger partial charge in [0.2, 0.25) is 5.91 Å². The number of pyridine rings is 1. The van der Waals surface area contributed by atoms with E-state index in [1.54, 1.807) is 18.1 Å². The molecule has 0 bridgehead atoms. The Labute approximate surface area is 87.6 Å². The van der Waals surface area contributed by atoms with Crippen LogP contribution in [0.15, 0.2) is 12.3 Å². The number of aromatic amines is 1. The number of nitrogens with zero attached hydrogens (tertiary/aromatic N) is 3. The zero-order valence-electron chi connectivity index (χ0n) is 8.32. The molecule has 3 heterocycles. The fourth-order valence-corrected chi connectivity index (χ4v) is 1.96. The lowest BCUT2D eigenvalue weighted by atomic mass is 10.2. The van der Waals surface area contributed by atoms with Crippen LogP contribution in [0.5, 0.6) is 0 Å². The van der Waals surface area contributed by atoms with Crippen LogP contribution in [0, 0.1) is 0 Å². The lowest BCUT2D eigenvalue weighted by Gasteiger charge is -2.13. The smallest absolute Gasteiger partial charge is 0.228 e. The Morgan fingerprint density at radius 1 is 1.53 bits per heavy atom. The van der Waals surface area contributed by atoms with Gasteiger partial charge in [-0.25, -0.2) is 4.98 Å². The summed E-state index contributed by atoms with van der Waals surface area (Å²) in [6, 6.07) is 1.85. The number of rotatable bonds is 0. The largest absolute Gasteiger partial charge is 0.299 e. The molecule has 78 valence electrons. The zero-order chi connectivity index (χ0) is 10.4. The van der Waals surface area contributed by atoms with Gasteiger partial charge < -0.3 is 0 Å². The van der Waals surface area contributed by atoms with Gasteiger partial charge in [0.05, 0.1) is 10.9 Å². The van der Waals surface area contributed by atoms with Gasteiger partial charge in [-0.1, -0.05) is 0 Å². The van der Waals surface area contributed by atoms with Crippen molar-refractivity contribution in [3.05, 3.63) is 18.0 Å². The van der Waals surface area contributed by atoms with Crippen LogP contribution >= 0.6 is 0 Å². The molecule has 0 radical (unpaired) electrons. The molecular formula is C10H12N4O. The summed E-state index contributed by atoms with van der Waals surface area (Å²) >= 11 is 0. The molecule has 1 aliphatic heterocycles. The molecule has 0 spiro atoms. The van der Waals surface area contributed by atoms with E-state index in [2.05, 4.69) is 15.2 Å². The van der Waals surface area contributed by atoms with Crippen LogP contribution in [0.25, 0.3) is 10.9 Å². The minimum absolute atomic E-state index is 0. The van der Waals surface area contributed by atoms with Crippen LogP contribution in [-0.4, -0.2) is 28.1 Å². The predicted octanol–water partition coefficient (Wildman–Crippen LogP) is 1.11. The third kappa shape index (κ3) is 1.06. The minimum Gasteiger partial charge on any atom is -0.299 e. The highest BCUT2D eigenvalue weighted by atomic mass is 16.2. The molecule has 5 nitrogen and oxygen atoms in total. The average Bonchev–Trinajstić information content (AvgIpc) is 2.62. The summed E-state index contributed by atoms with van der Waals surface area (Å²) in [4.78, 5) is 17.5. The number of H-pyrrole nitrogens is 1. The summed E-state index contributed by atoms with van der Waals surface area (Å²) < 4.78 is 0. The van der Waals surface area contributed by atoms with E-state index in [1.807, 2.05) is 6.07 Å². The molecule has 0 atom stereocenters. The number of amides is 1. The highest BCUT2D eigenvalue weighted by Gasteiger charge is 2.22. The van der Waals surface area contributed by atoms with Crippen molar-refractivity contribution in [2.24, 2.45) is 0 Å². The minimum atomic E-state index is 0. The Bertz CT molecular complexity index is 551. The van der Waals surface area contributed by atoms with Gasteiger partial charge in [0.15, 0.2) is 0 Å². The Kier molecular flexibility index (Phi) is 1.56. The second kappa shape index (κ2) is 2.79. The monoisotopic (exact) mass is 204 g/mol. The number of nitrogens with one attached hydrogen (secondary N) is 1.